The number of nitrogens with one attached hydrogen (secondary N) is 1. The van der Waals surface area contributed by atoms with Crippen molar-refractivity contribution in [2.75, 3.05) is 31.3 Å². The number of benzene rings is 2. The molecule has 0 bridgehead atoms. The Morgan fingerprint density at radius 2 is 1.83 bits per heavy atom. The zero-order chi connectivity index (χ0) is 20.5. The van der Waals surface area contributed by atoms with E-state index < -0.39 is 0 Å². The zero-order valence-electron chi connectivity index (χ0n) is 17.4. The minimum absolute atomic E-state index is 0.0548. The Balaban J connectivity index is 1.25. The number of rotatable bonds is 7. The summed E-state index contributed by atoms with van der Waals surface area (Å²) in [5.41, 5.74) is 3.49. The summed E-state index contributed by atoms with van der Waals surface area (Å²) in [5.74, 6) is 2.48. The number of hydrogen-bond donors (Lipinski definition) is 1. The molecule has 1 saturated carbocycles. The highest BCUT2D eigenvalue weighted by molar-refractivity contribution is 7.99. The Labute approximate surface area is 181 Å². The van der Waals surface area contributed by atoms with Crippen LogP contribution < -0.4 is 10.2 Å². The van der Waals surface area contributed by atoms with Gasteiger partial charge in [0, 0.05) is 43.7 Å². The molecule has 7 heteroatoms. The molecule has 2 aromatic carbocycles. The van der Waals surface area contributed by atoms with E-state index in [0.717, 1.165) is 34.5 Å². The Bertz CT molecular complexity index is 985. The molecule has 2 atom stereocenters. The quantitative estimate of drug-likeness (QED) is 0.582. The maximum absolute atomic E-state index is 6.28. The molecule has 0 amide bonds. The van der Waals surface area contributed by atoms with Crippen LogP contribution in [0.4, 0.5) is 5.69 Å². The van der Waals surface area contributed by atoms with Crippen molar-refractivity contribution in [1.82, 2.24) is 20.1 Å². The standard InChI is InChI=1S/C23H27N5OS/c1-27(2)18-12-10-17(11-13-18)22-24-14-20(29-22)15-30-23-26-25-21(16-8-9-16)28(23)19-6-4-3-5-7-19/h3-7,10-13,16,20,22,24H,8-9,14-15H2,1-2H3/t20-,22-/m0/s1. The Morgan fingerprint density at radius 1 is 1.07 bits per heavy atom. The predicted octanol–water partition coefficient (Wildman–Crippen LogP) is 3.99. The summed E-state index contributed by atoms with van der Waals surface area (Å²) in [4.78, 5) is 2.10. The largest absolute Gasteiger partial charge is 0.378 e. The topological polar surface area (TPSA) is 55.2 Å². The molecule has 5 rings (SSSR count). The van der Waals surface area contributed by atoms with Gasteiger partial charge in [-0.15, -0.1) is 10.2 Å². The van der Waals surface area contributed by atoms with Gasteiger partial charge in [-0.3, -0.25) is 9.88 Å². The second-order valence-corrected chi connectivity index (χ2v) is 9.12. The first kappa shape index (κ1) is 19.6. The summed E-state index contributed by atoms with van der Waals surface area (Å²) < 4.78 is 8.50. The van der Waals surface area contributed by atoms with E-state index in [9.17, 15) is 0 Å². The van der Waals surface area contributed by atoms with Gasteiger partial charge >= 0.3 is 0 Å². The molecule has 30 heavy (non-hydrogen) atoms. The van der Waals surface area contributed by atoms with Gasteiger partial charge in [0.15, 0.2) is 5.16 Å². The van der Waals surface area contributed by atoms with Gasteiger partial charge in [0.25, 0.3) is 0 Å². The van der Waals surface area contributed by atoms with E-state index in [4.69, 9.17) is 4.74 Å². The van der Waals surface area contributed by atoms with Crippen LogP contribution in [0.15, 0.2) is 59.8 Å². The van der Waals surface area contributed by atoms with Crippen molar-refractivity contribution >= 4 is 17.4 Å². The molecule has 2 aliphatic rings. The highest BCUT2D eigenvalue weighted by Gasteiger charge is 2.32. The summed E-state index contributed by atoms with van der Waals surface area (Å²) in [6, 6.07) is 19.0. The second-order valence-electron chi connectivity index (χ2n) is 8.13. The van der Waals surface area contributed by atoms with Gasteiger partial charge in [0.2, 0.25) is 0 Å². The number of anilines is 1. The highest BCUT2D eigenvalue weighted by Crippen LogP contribution is 2.41. The van der Waals surface area contributed by atoms with E-state index in [1.165, 1.54) is 18.5 Å². The lowest BCUT2D eigenvalue weighted by atomic mass is 10.2. The van der Waals surface area contributed by atoms with Crippen LogP contribution in [0.5, 0.6) is 0 Å². The van der Waals surface area contributed by atoms with Crippen LogP contribution in [0.1, 0.15) is 36.4 Å². The molecule has 156 valence electrons. The van der Waals surface area contributed by atoms with E-state index in [1.807, 2.05) is 6.07 Å². The zero-order valence-corrected chi connectivity index (χ0v) is 18.2. The van der Waals surface area contributed by atoms with Crippen LogP contribution in [0.2, 0.25) is 0 Å². The van der Waals surface area contributed by atoms with Crippen molar-refractivity contribution in [3.63, 3.8) is 0 Å². The fourth-order valence-electron chi connectivity index (χ4n) is 3.74. The fourth-order valence-corrected chi connectivity index (χ4v) is 4.69. The minimum Gasteiger partial charge on any atom is -0.378 e. The molecule has 6 nitrogen and oxygen atoms in total. The number of ether oxygens (including phenoxy) is 1. The van der Waals surface area contributed by atoms with E-state index in [2.05, 4.69) is 87.6 Å². The first-order valence-electron chi connectivity index (χ1n) is 10.5. The van der Waals surface area contributed by atoms with E-state index in [1.54, 1.807) is 11.8 Å². The van der Waals surface area contributed by atoms with Crippen molar-refractivity contribution in [1.29, 1.82) is 0 Å². The molecule has 1 aliphatic heterocycles. The van der Waals surface area contributed by atoms with Crippen LogP contribution >= 0.6 is 11.8 Å². The van der Waals surface area contributed by atoms with E-state index in [-0.39, 0.29) is 12.3 Å². The van der Waals surface area contributed by atoms with E-state index in [0.29, 0.717) is 5.92 Å². The number of aromatic nitrogens is 3. The molecule has 1 N–H and O–H groups in total. The van der Waals surface area contributed by atoms with Gasteiger partial charge in [0.05, 0.1) is 6.10 Å². The first-order chi connectivity index (χ1) is 14.7. The van der Waals surface area contributed by atoms with Gasteiger partial charge in [-0.05, 0) is 42.7 Å². The Kier molecular flexibility index (Phi) is 5.50. The number of thioether (sulfide) groups is 1. The molecular formula is C23H27N5OS. The van der Waals surface area contributed by atoms with Crippen molar-refractivity contribution in [3.8, 4) is 5.69 Å². The summed E-state index contributed by atoms with van der Waals surface area (Å²) in [6.07, 6.45) is 2.50. The maximum Gasteiger partial charge on any atom is 0.195 e. The third-order valence-corrected chi connectivity index (χ3v) is 6.65. The molecule has 0 spiro atoms. The Hall–Kier alpha value is -2.35. The molecule has 2 fully saturated rings. The lowest BCUT2D eigenvalue weighted by Crippen LogP contribution is -2.17. The fraction of sp³-hybridized carbons (Fsp3) is 0.391. The van der Waals surface area contributed by atoms with Gasteiger partial charge in [-0.1, -0.05) is 42.1 Å². The summed E-state index contributed by atoms with van der Waals surface area (Å²) in [5, 5.41) is 13.5. The third-order valence-electron chi connectivity index (χ3n) is 5.59. The van der Waals surface area contributed by atoms with Gasteiger partial charge in [-0.2, -0.15) is 0 Å². The monoisotopic (exact) mass is 421 g/mol. The maximum atomic E-state index is 6.28. The summed E-state index contributed by atoms with van der Waals surface area (Å²) in [6.45, 7) is 0.835. The average molecular weight is 422 g/mol. The molecule has 2 heterocycles. The summed E-state index contributed by atoms with van der Waals surface area (Å²) in [7, 11) is 4.10. The van der Waals surface area contributed by atoms with Crippen LogP contribution in [-0.4, -0.2) is 47.3 Å². The van der Waals surface area contributed by atoms with Crippen molar-refractivity contribution < 1.29 is 4.74 Å². The van der Waals surface area contributed by atoms with Crippen LogP contribution in [-0.2, 0) is 4.74 Å². The lowest BCUT2D eigenvalue weighted by Gasteiger charge is -2.16. The highest BCUT2D eigenvalue weighted by atomic mass is 32.2. The molecule has 0 unspecified atom stereocenters. The number of nitrogens with zero attached hydrogens (tertiary/aromatic N) is 4. The normalized spacial score (nSPS) is 21.1. The lowest BCUT2D eigenvalue weighted by molar-refractivity contribution is 0.0534. The Morgan fingerprint density at radius 3 is 2.53 bits per heavy atom. The molecule has 1 aromatic heterocycles. The van der Waals surface area contributed by atoms with Crippen LogP contribution in [0.25, 0.3) is 5.69 Å². The second kappa shape index (κ2) is 8.41. The minimum atomic E-state index is -0.0548. The molecule has 1 aliphatic carbocycles. The van der Waals surface area contributed by atoms with Crippen LogP contribution in [0.3, 0.4) is 0 Å². The molecule has 1 saturated heterocycles. The van der Waals surface area contributed by atoms with Crippen molar-refractivity contribution in [2.45, 2.75) is 36.2 Å². The van der Waals surface area contributed by atoms with Crippen molar-refractivity contribution in [2.24, 2.45) is 0 Å². The third kappa shape index (κ3) is 4.10. The van der Waals surface area contributed by atoms with Gasteiger partial charge < -0.3 is 9.64 Å². The molecule has 0 radical (unpaired) electrons. The molecule has 3 aromatic rings. The van der Waals surface area contributed by atoms with Crippen molar-refractivity contribution in [3.05, 3.63) is 66.0 Å². The van der Waals surface area contributed by atoms with E-state index >= 15 is 0 Å². The average Bonchev–Trinajstić information content (AvgIpc) is 3.36. The van der Waals surface area contributed by atoms with Gasteiger partial charge in [-0.25, -0.2) is 0 Å². The number of hydrogen-bond acceptors (Lipinski definition) is 6. The smallest absolute Gasteiger partial charge is 0.195 e. The first-order valence-corrected chi connectivity index (χ1v) is 11.5. The predicted molar refractivity (Wildman–Crippen MR) is 120 cm³/mol. The van der Waals surface area contributed by atoms with Crippen LogP contribution in [0, 0.1) is 0 Å². The molecular weight excluding hydrogens is 394 g/mol. The summed E-state index contributed by atoms with van der Waals surface area (Å²) >= 11 is 1.73. The number of para-hydroxylation sites is 1. The van der Waals surface area contributed by atoms with Gasteiger partial charge in [0.1, 0.15) is 12.1 Å². The SMILES string of the molecule is CN(C)c1ccc([C@H]2NC[C@@H](CSc3nnc(C4CC4)n3-c3ccccc3)O2)cc1.